The minimum Gasteiger partial charge on any atom is -0.393 e. The Kier molecular flexibility index (Phi) is 4.11. The summed E-state index contributed by atoms with van der Waals surface area (Å²) < 4.78 is 26.7. The highest BCUT2D eigenvalue weighted by molar-refractivity contribution is 7.91. The Morgan fingerprint density at radius 3 is 2.78 bits per heavy atom. The highest BCUT2D eigenvalue weighted by atomic mass is 32.2. The lowest BCUT2D eigenvalue weighted by Crippen LogP contribution is -2.30. The zero-order chi connectivity index (χ0) is 13.3. The van der Waals surface area contributed by atoms with Gasteiger partial charge < -0.3 is 5.11 Å². The summed E-state index contributed by atoms with van der Waals surface area (Å²) in [5, 5.41) is 9.53. The van der Waals surface area contributed by atoms with Gasteiger partial charge in [-0.2, -0.15) is 4.31 Å². The SMILES string of the molecule is CCc1ccc(S(=O)(=O)N2CCC(C(C)O)C2)s1. The molecule has 0 aromatic carbocycles. The van der Waals surface area contributed by atoms with Crippen molar-refractivity contribution in [2.75, 3.05) is 13.1 Å². The van der Waals surface area contributed by atoms with E-state index in [-0.39, 0.29) is 5.92 Å². The van der Waals surface area contributed by atoms with Crippen molar-refractivity contribution >= 4 is 21.4 Å². The predicted octanol–water partition coefficient (Wildman–Crippen LogP) is 1.70. The molecule has 2 unspecified atom stereocenters. The first kappa shape index (κ1) is 14.0. The quantitative estimate of drug-likeness (QED) is 0.918. The summed E-state index contributed by atoms with van der Waals surface area (Å²) in [7, 11) is -3.35. The van der Waals surface area contributed by atoms with Gasteiger partial charge in [-0.15, -0.1) is 11.3 Å². The molecule has 2 rings (SSSR count). The van der Waals surface area contributed by atoms with Gasteiger partial charge in [0.2, 0.25) is 0 Å². The van der Waals surface area contributed by atoms with E-state index < -0.39 is 16.1 Å². The zero-order valence-electron chi connectivity index (χ0n) is 10.7. The molecule has 0 spiro atoms. The van der Waals surface area contributed by atoms with E-state index in [1.807, 2.05) is 13.0 Å². The molecular weight excluding hydrogens is 270 g/mol. The molecule has 1 N–H and O–H groups in total. The highest BCUT2D eigenvalue weighted by Crippen LogP contribution is 2.30. The smallest absolute Gasteiger partial charge is 0.252 e. The van der Waals surface area contributed by atoms with Crippen LogP contribution in [0.3, 0.4) is 0 Å². The Bertz CT molecular complexity index is 507. The van der Waals surface area contributed by atoms with Crippen LogP contribution >= 0.6 is 11.3 Å². The van der Waals surface area contributed by atoms with E-state index in [9.17, 15) is 13.5 Å². The van der Waals surface area contributed by atoms with Crippen molar-refractivity contribution in [1.82, 2.24) is 4.31 Å². The standard InChI is InChI=1S/C12H19NO3S2/c1-3-11-4-5-12(17-11)18(15,16)13-7-6-10(8-13)9(2)14/h4-5,9-10,14H,3,6-8H2,1-2H3. The number of rotatable bonds is 4. The van der Waals surface area contributed by atoms with E-state index in [1.54, 1.807) is 13.0 Å². The Morgan fingerprint density at radius 2 is 2.28 bits per heavy atom. The fraction of sp³-hybridized carbons (Fsp3) is 0.667. The zero-order valence-corrected chi connectivity index (χ0v) is 12.3. The third-order valence-electron chi connectivity index (χ3n) is 3.45. The Balaban J connectivity index is 2.17. The average Bonchev–Trinajstić information content (AvgIpc) is 2.98. The fourth-order valence-corrected chi connectivity index (χ4v) is 5.14. The summed E-state index contributed by atoms with van der Waals surface area (Å²) in [5.41, 5.74) is 0. The van der Waals surface area contributed by atoms with Crippen LogP contribution < -0.4 is 0 Å². The molecule has 0 bridgehead atoms. The second kappa shape index (κ2) is 5.28. The summed E-state index contributed by atoms with van der Waals surface area (Å²) in [6, 6.07) is 3.56. The van der Waals surface area contributed by atoms with Gasteiger partial charge in [0.25, 0.3) is 10.0 Å². The van der Waals surface area contributed by atoms with Crippen LogP contribution in [-0.4, -0.2) is 37.0 Å². The first-order valence-electron chi connectivity index (χ1n) is 6.22. The van der Waals surface area contributed by atoms with Crippen LogP contribution in [0.15, 0.2) is 16.3 Å². The van der Waals surface area contributed by atoms with Crippen molar-refractivity contribution in [2.45, 2.75) is 37.0 Å². The van der Waals surface area contributed by atoms with Gasteiger partial charge in [0.15, 0.2) is 0 Å². The van der Waals surface area contributed by atoms with Crippen LogP contribution in [0.1, 0.15) is 25.1 Å². The summed E-state index contributed by atoms with van der Waals surface area (Å²) in [4.78, 5) is 1.08. The maximum atomic E-state index is 12.4. The van der Waals surface area contributed by atoms with Gasteiger partial charge >= 0.3 is 0 Å². The normalized spacial score (nSPS) is 23.4. The second-order valence-corrected chi connectivity index (χ2v) is 8.06. The number of nitrogens with zero attached hydrogens (tertiary/aromatic N) is 1. The van der Waals surface area contributed by atoms with E-state index in [0.29, 0.717) is 17.3 Å². The number of aryl methyl sites for hydroxylation is 1. The summed E-state index contributed by atoms with van der Waals surface area (Å²) in [6.45, 7) is 4.68. The minimum atomic E-state index is -3.35. The lowest BCUT2D eigenvalue weighted by molar-refractivity contribution is 0.133. The number of aliphatic hydroxyl groups excluding tert-OH is 1. The van der Waals surface area contributed by atoms with Crippen molar-refractivity contribution in [3.05, 3.63) is 17.0 Å². The lowest BCUT2D eigenvalue weighted by Gasteiger charge is -2.16. The molecule has 0 radical (unpaired) electrons. The van der Waals surface area contributed by atoms with Gasteiger partial charge in [-0.3, -0.25) is 0 Å². The van der Waals surface area contributed by atoms with Crippen molar-refractivity contribution in [1.29, 1.82) is 0 Å². The molecule has 1 aromatic heterocycles. The Labute approximate surface area is 112 Å². The molecule has 0 aliphatic carbocycles. The van der Waals surface area contributed by atoms with Crippen LogP contribution in [0.4, 0.5) is 0 Å². The summed E-state index contributed by atoms with van der Waals surface area (Å²) >= 11 is 1.34. The fourth-order valence-electron chi connectivity index (χ4n) is 2.18. The largest absolute Gasteiger partial charge is 0.393 e. The highest BCUT2D eigenvalue weighted by Gasteiger charge is 2.35. The third-order valence-corrected chi connectivity index (χ3v) is 7.01. The Morgan fingerprint density at radius 1 is 1.56 bits per heavy atom. The van der Waals surface area contributed by atoms with E-state index in [1.165, 1.54) is 15.6 Å². The van der Waals surface area contributed by atoms with Gasteiger partial charge in [-0.25, -0.2) is 8.42 Å². The molecule has 4 nitrogen and oxygen atoms in total. The molecular formula is C12H19NO3S2. The first-order valence-corrected chi connectivity index (χ1v) is 8.47. The molecule has 6 heteroatoms. The predicted molar refractivity (Wildman–Crippen MR) is 72.2 cm³/mol. The van der Waals surface area contributed by atoms with Crippen molar-refractivity contribution in [2.24, 2.45) is 5.92 Å². The maximum absolute atomic E-state index is 12.4. The van der Waals surface area contributed by atoms with E-state index in [0.717, 1.165) is 17.7 Å². The summed E-state index contributed by atoms with van der Waals surface area (Å²) in [5.74, 6) is 0.0605. The number of sulfonamides is 1. The van der Waals surface area contributed by atoms with Gasteiger partial charge in [0.05, 0.1) is 6.10 Å². The third kappa shape index (κ3) is 2.61. The minimum absolute atomic E-state index is 0.0605. The molecule has 2 heterocycles. The number of aliphatic hydroxyl groups is 1. The average molecular weight is 289 g/mol. The molecule has 2 atom stereocenters. The first-order chi connectivity index (χ1) is 8.45. The lowest BCUT2D eigenvalue weighted by atomic mass is 10.0. The molecule has 1 saturated heterocycles. The van der Waals surface area contributed by atoms with Gasteiger partial charge in [0, 0.05) is 18.0 Å². The molecule has 0 amide bonds. The van der Waals surface area contributed by atoms with Crippen LogP contribution in [0.25, 0.3) is 0 Å². The monoisotopic (exact) mass is 289 g/mol. The molecule has 0 saturated carbocycles. The number of thiophene rings is 1. The van der Waals surface area contributed by atoms with Crippen LogP contribution in [0.2, 0.25) is 0 Å². The van der Waals surface area contributed by atoms with Gasteiger partial charge in [-0.1, -0.05) is 6.92 Å². The van der Waals surface area contributed by atoms with Crippen molar-refractivity contribution in [3.8, 4) is 0 Å². The van der Waals surface area contributed by atoms with Crippen LogP contribution in [0.5, 0.6) is 0 Å². The second-order valence-electron chi connectivity index (χ2n) is 4.73. The van der Waals surface area contributed by atoms with Crippen molar-refractivity contribution < 1.29 is 13.5 Å². The topological polar surface area (TPSA) is 57.6 Å². The number of hydrogen-bond acceptors (Lipinski definition) is 4. The van der Waals surface area contributed by atoms with Gasteiger partial charge in [0.1, 0.15) is 4.21 Å². The molecule has 1 aliphatic heterocycles. The summed E-state index contributed by atoms with van der Waals surface area (Å²) in [6.07, 6.45) is 1.15. The molecule has 1 fully saturated rings. The Hall–Kier alpha value is -0.430. The van der Waals surface area contributed by atoms with Crippen LogP contribution in [0, 0.1) is 5.92 Å². The molecule has 1 aromatic rings. The van der Waals surface area contributed by atoms with Crippen molar-refractivity contribution in [3.63, 3.8) is 0 Å². The van der Waals surface area contributed by atoms with E-state index >= 15 is 0 Å². The molecule has 18 heavy (non-hydrogen) atoms. The van der Waals surface area contributed by atoms with Crippen LogP contribution in [-0.2, 0) is 16.4 Å². The molecule has 1 aliphatic rings. The number of hydrogen-bond donors (Lipinski definition) is 1. The maximum Gasteiger partial charge on any atom is 0.252 e. The van der Waals surface area contributed by atoms with Gasteiger partial charge in [-0.05, 0) is 37.8 Å². The molecule has 102 valence electrons. The van der Waals surface area contributed by atoms with E-state index in [4.69, 9.17) is 0 Å². The van der Waals surface area contributed by atoms with E-state index in [2.05, 4.69) is 0 Å².